The van der Waals surface area contributed by atoms with E-state index in [0.717, 1.165) is 24.5 Å². The van der Waals surface area contributed by atoms with Crippen LogP contribution in [0.1, 0.15) is 32.4 Å². The molecule has 0 aliphatic heterocycles. The molecule has 0 aliphatic carbocycles. The highest BCUT2D eigenvalue weighted by Gasteiger charge is 2.33. The lowest BCUT2D eigenvalue weighted by atomic mass is 9.82. The molecule has 256 valence electrons. The van der Waals surface area contributed by atoms with Crippen LogP contribution in [0.2, 0.25) is 0 Å². The van der Waals surface area contributed by atoms with Gasteiger partial charge in [0, 0.05) is 53.5 Å². The standard InChI is InChI=1S/C14H11F3N2O3.C8H8BrNO3.C6H5BF3NO2/c1-21-11-5-10(13(20)22-2)18-7-9(11)8-3-4-12(19-6-8)14(15,16)17;1-12-7-3-6(8(11)13-2)10-4-5(7)9;8-6(9,10)5-2-1-4(3-11-5)7(12)13/h3-7H,1-2H3;3-4H,1-2H3;1-3,12-13H. The number of hydrogen-bond donors (Lipinski definition) is 2. The summed E-state index contributed by atoms with van der Waals surface area (Å²) in [5.41, 5.74) is -1.07. The molecule has 0 saturated carbocycles. The molecule has 12 nitrogen and oxygen atoms in total. The van der Waals surface area contributed by atoms with Crippen molar-refractivity contribution in [3.63, 3.8) is 0 Å². The first kappa shape index (κ1) is 39.4. The molecule has 0 radical (unpaired) electrons. The Labute approximate surface area is 277 Å². The van der Waals surface area contributed by atoms with Gasteiger partial charge < -0.3 is 29.0 Å². The van der Waals surface area contributed by atoms with Gasteiger partial charge >= 0.3 is 31.4 Å². The molecule has 4 heterocycles. The van der Waals surface area contributed by atoms with Gasteiger partial charge in [0.25, 0.3) is 0 Å². The van der Waals surface area contributed by atoms with Crippen LogP contribution < -0.4 is 14.9 Å². The molecule has 0 unspecified atom stereocenters. The molecule has 0 saturated heterocycles. The molecule has 0 amide bonds. The average Bonchev–Trinajstić information content (AvgIpc) is 3.07. The summed E-state index contributed by atoms with van der Waals surface area (Å²) >= 11 is 3.22. The first-order chi connectivity index (χ1) is 22.5. The highest BCUT2D eigenvalue weighted by molar-refractivity contribution is 9.10. The van der Waals surface area contributed by atoms with Crippen molar-refractivity contribution in [3.05, 3.63) is 88.4 Å². The largest absolute Gasteiger partial charge is 0.496 e. The predicted molar refractivity (Wildman–Crippen MR) is 159 cm³/mol. The van der Waals surface area contributed by atoms with Gasteiger partial charge in [0.15, 0.2) is 11.4 Å². The smallest absolute Gasteiger partial charge is 0.490 e. The molecule has 20 heteroatoms. The van der Waals surface area contributed by atoms with Crippen LogP contribution in [-0.4, -0.2) is 77.5 Å². The molecule has 2 N–H and O–H groups in total. The van der Waals surface area contributed by atoms with Gasteiger partial charge in [-0.05, 0) is 28.1 Å². The van der Waals surface area contributed by atoms with E-state index in [-0.39, 0.29) is 22.6 Å². The van der Waals surface area contributed by atoms with E-state index >= 15 is 0 Å². The number of ether oxygens (including phenoxy) is 4. The van der Waals surface area contributed by atoms with Crippen LogP contribution in [0, 0.1) is 0 Å². The summed E-state index contributed by atoms with van der Waals surface area (Å²) in [5, 5.41) is 17.1. The number of carbonyl (C=O) groups excluding carboxylic acids is 2. The Balaban J connectivity index is 0.000000266. The van der Waals surface area contributed by atoms with Gasteiger partial charge in [0.05, 0.1) is 32.9 Å². The minimum Gasteiger partial charge on any atom is -0.496 e. The zero-order valence-electron chi connectivity index (χ0n) is 25.1. The number of esters is 2. The van der Waals surface area contributed by atoms with E-state index in [0.29, 0.717) is 27.4 Å². The Kier molecular flexibility index (Phi) is 14.2. The fourth-order valence-corrected chi connectivity index (χ4v) is 3.66. The summed E-state index contributed by atoms with van der Waals surface area (Å²) < 4.78 is 93.2. The van der Waals surface area contributed by atoms with Crippen molar-refractivity contribution in [2.24, 2.45) is 0 Å². The molecule has 4 aromatic heterocycles. The maximum atomic E-state index is 12.5. The van der Waals surface area contributed by atoms with Gasteiger partial charge in [-0.15, -0.1) is 0 Å². The highest BCUT2D eigenvalue weighted by atomic mass is 79.9. The summed E-state index contributed by atoms with van der Waals surface area (Å²) in [6, 6.07) is 6.63. The summed E-state index contributed by atoms with van der Waals surface area (Å²) in [4.78, 5) is 36.6. The zero-order chi connectivity index (χ0) is 36.2. The SMILES string of the molecule is COC(=O)c1cc(OC)c(-c2ccc(C(F)(F)F)nc2)cn1.COC(=O)c1cc(OC)c(Br)cn1.OB(O)c1ccc(C(F)(F)F)nc1. The molecule has 0 atom stereocenters. The van der Waals surface area contributed by atoms with E-state index in [1.165, 1.54) is 59.0 Å². The molecule has 0 aliphatic rings. The lowest BCUT2D eigenvalue weighted by molar-refractivity contribution is -0.141. The van der Waals surface area contributed by atoms with E-state index in [2.05, 4.69) is 45.3 Å². The lowest BCUT2D eigenvalue weighted by Gasteiger charge is -2.10. The maximum Gasteiger partial charge on any atom is 0.490 e. The Morgan fingerprint density at radius 3 is 1.56 bits per heavy atom. The molecule has 0 aromatic carbocycles. The van der Waals surface area contributed by atoms with E-state index in [4.69, 9.17) is 19.5 Å². The lowest BCUT2D eigenvalue weighted by Crippen LogP contribution is -2.30. The third-order valence-corrected chi connectivity index (χ3v) is 6.25. The van der Waals surface area contributed by atoms with Crippen LogP contribution in [0.5, 0.6) is 11.5 Å². The van der Waals surface area contributed by atoms with Crippen LogP contribution >= 0.6 is 15.9 Å². The van der Waals surface area contributed by atoms with Crippen LogP contribution in [0.3, 0.4) is 0 Å². The minimum atomic E-state index is -4.50. The molecule has 0 bridgehead atoms. The summed E-state index contributed by atoms with van der Waals surface area (Å²) in [7, 11) is 3.61. The van der Waals surface area contributed by atoms with Gasteiger partial charge in [-0.3, -0.25) is 9.97 Å². The second-order valence-electron chi connectivity index (χ2n) is 8.74. The van der Waals surface area contributed by atoms with E-state index in [1.807, 2.05) is 0 Å². The van der Waals surface area contributed by atoms with Crippen LogP contribution in [-0.2, 0) is 21.8 Å². The molecule has 0 fully saturated rings. The van der Waals surface area contributed by atoms with E-state index in [1.54, 1.807) is 0 Å². The summed E-state index contributed by atoms with van der Waals surface area (Å²) in [6.07, 6.45) is -4.36. The number of halogens is 7. The number of pyridine rings is 4. The van der Waals surface area contributed by atoms with E-state index in [9.17, 15) is 35.9 Å². The number of alkyl halides is 6. The van der Waals surface area contributed by atoms with Gasteiger partial charge in [-0.1, -0.05) is 12.1 Å². The Bertz CT molecular complexity index is 1680. The van der Waals surface area contributed by atoms with Crippen LogP contribution in [0.25, 0.3) is 11.1 Å². The van der Waals surface area contributed by atoms with Crippen molar-refractivity contribution < 1.29 is 64.9 Å². The molecular weight excluding hydrogens is 725 g/mol. The van der Waals surface area contributed by atoms with E-state index < -0.39 is 42.8 Å². The fourth-order valence-electron chi connectivity index (χ4n) is 3.28. The van der Waals surface area contributed by atoms with Crippen molar-refractivity contribution in [1.29, 1.82) is 0 Å². The van der Waals surface area contributed by atoms with Crippen molar-refractivity contribution in [2.75, 3.05) is 28.4 Å². The van der Waals surface area contributed by atoms with Crippen molar-refractivity contribution in [1.82, 2.24) is 19.9 Å². The van der Waals surface area contributed by atoms with Crippen LogP contribution in [0.4, 0.5) is 26.3 Å². The van der Waals surface area contributed by atoms with Gasteiger partial charge in [-0.2, -0.15) is 26.3 Å². The Morgan fingerprint density at radius 2 is 1.17 bits per heavy atom. The van der Waals surface area contributed by atoms with Crippen molar-refractivity contribution in [2.45, 2.75) is 12.4 Å². The predicted octanol–water partition coefficient (Wildman–Crippen LogP) is 4.38. The maximum absolute atomic E-state index is 12.5. The summed E-state index contributed by atoms with van der Waals surface area (Å²) in [6.45, 7) is 0. The number of hydrogen-bond acceptors (Lipinski definition) is 12. The number of aromatic nitrogens is 4. The van der Waals surface area contributed by atoms with Crippen molar-refractivity contribution >= 4 is 40.4 Å². The van der Waals surface area contributed by atoms with Crippen molar-refractivity contribution in [3.8, 4) is 22.6 Å². The number of nitrogens with zero attached hydrogens (tertiary/aromatic N) is 4. The highest BCUT2D eigenvalue weighted by Crippen LogP contribution is 2.32. The zero-order valence-corrected chi connectivity index (χ0v) is 26.7. The first-order valence-electron chi connectivity index (χ1n) is 12.8. The molecule has 4 aromatic rings. The minimum absolute atomic E-state index is 0.0305. The second-order valence-corrected chi connectivity index (χ2v) is 9.59. The van der Waals surface area contributed by atoms with Crippen LogP contribution in [0.15, 0.2) is 65.7 Å². The monoisotopic (exact) mass is 748 g/mol. The molecule has 0 spiro atoms. The van der Waals surface area contributed by atoms with Gasteiger partial charge in [-0.25, -0.2) is 19.6 Å². The summed E-state index contributed by atoms with van der Waals surface area (Å²) in [5.74, 6) is -0.298. The number of rotatable bonds is 6. The third kappa shape index (κ3) is 11.2. The topological polar surface area (TPSA) is 163 Å². The average molecular weight is 749 g/mol. The fraction of sp³-hybridized carbons (Fsp3) is 0.214. The Morgan fingerprint density at radius 1 is 0.688 bits per heavy atom. The van der Waals surface area contributed by atoms with Gasteiger partial charge in [0.2, 0.25) is 0 Å². The second kappa shape index (κ2) is 17.4. The third-order valence-electron chi connectivity index (χ3n) is 5.65. The molecular formula is C28H24BBrF6N4O8. The normalized spacial score (nSPS) is 10.8. The molecule has 4 rings (SSSR count). The first-order valence-corrected chi connectivity index (χ1v) is 13.6. The van der Waals surface area contributed by atoms with Gasteiger partial charge in [0.1, 0.15) is 22.9 Å². The Hall–Kier alpha value is -4.82. The number of methoxy groups -OCH3 is 4. The quantitative estimate of drug-likeness (QED) is 0.163. The molecule has 48 heavy (non-hydrogen) atoms. The number of carbonyl (C=O) groups is 2.